The van der Waals surface area contributed by atoms with Gasteiger partial charge in [-0.1, -0.05) is 6.92 Å². The number of primary amides is 1. The molecule has 4 nitrogen and oxygen atoms in total. The molecule has 104 valence electrons. The Balaban J connectivity index is 2.20. The predicted octanol–water partition coefficient (Wildman–Crippen LogP) is 1.35. The topological polar surface area (TPSA) is 72.3 Å². The van der Waals surface area contributed by atoms with Crippen molar-refractivity contribution in [3.63, 3.8) is 0 Å². The van der Waals surface area contributed by atoms with Crippen LogP contribution in [0.25, 0.3) is 0 Å². The molecule has 1 fully saturated rings. The zero-order chi connectivity index (χ0) is 14.0. The Morgan fingerprint density at radius 2 is 2.26 bits per heavy atom. The van der Waals surface area contributed by atoms with E-state index < -0.39 is 11.7 Å². The van der Waals surface area contributed by atoms with Gasteiger partial charge in [0, 0.05) is 18.7 Å². The smallest absolute Gasteiger partial charge is 0.248 e. The van der Waals surface area contributed by atoms with Crippen LogP contribution in [0.5, 0.6) is 0 Å². The molecular formula is C14H20FN3O. The van der Waals surface area contributed by atoms with Gasteiger partial charge in [0.25, 0.3) is 0 Å². The number of nitrogens with zero attached hydrogens (tertiary/aromatic N) is 1. The Bertz CT molecular complexity index is 478. The molecule has 0 saturated carbocycles. The fourth-order valence-corrected chi connectivity index (χ4v) is 2.59. The van der Waals surface area contributed by atoms with Gasteiger partial charge >= 0.3 is 0 Å². The van der Waals surface area contributed by atoms with Crippen LogP contribution in [0.3, 0.4) is 0 Å². The monoisotopic (exact) mass is 265 g/mol. The molecule has 0 aromatic heterocycles. The Morgan fingerprint density at radius 1 is 1.53 bits per heavy atom. The highest BCUT2D eigenvalue weighted by molar-refractivity contribution is 5.93. The van der Waals surface area contributed by atoms with E-state index in [-0.39, 0.29) is 5.56 Å². The van der Waals surface area contributed by atoms with Crippen molar-refractivity contribution in [2.75, 3.05) is 24.5 Å². The zero-order valence-corrected chi connectivity index (χ0v) is 11.1. The minimum atomic E-state index is -0.613. The number of carbonyl (C=O) groups excluding carboxylic acids is 1. The second-order valence-corrected chi connectivity index (χ2v) is 5.24. The van der Waals surface area contributed by atoms with Gasteiger partial charge in [-0.3, -0.25) is 4.79 Å². The van der Waals surface area contributed by atoms with Gasteiger partial charge in [0.05, 0.1) is 5.69 Å². The van der Waals surface area contributed by atoms with Gasteiger partial charge in [-0.05, 0) is 43.0 Å². The number of hydrogen-bond donors (Lipinski definition) is 2. The molecule has 1 aromatic carbocycles. The number of benzene rings is 1. The summed E-state index contributed by atoms with van der Waals surface area (Å²) in [6, 6.07) is 4.39. The molecule has 4 N–H and O–H groups in total. The summed E-state index contributed by atoms with van der Waals surface area (Å²) in [4.78, 5) is 13.0. The quantitative estimate of drug-likeness (QED) is 0.866. The first-order valence-electron chi connectivity index (χ1n) is 6.57. The van der Waals surface area contributed by atoms with Gasteiger partial charge in [-0.25, -0.2) is 4.39 Å². The largest absolute Gasteiger partial charge is 0.369 e. The third-order valence-corrected chi connectivity index (χ3v) is 3.99. The van der Waals surface area contributed by atoms with Crippen LogP contribution in [-0.2, 0) is 0 Å². The Hall–Kier alpha value is -1.62. The van der Waals surface area contributed by atoms with Gasteiger partial charge in [0.2, 0.25) is 5.91 Å². The minimum absolute atomic E-state index is 0.196. The van der Waals surface area contributed by atoms with Gasteiger partial charge in [-0.2, -0.15) is 0 Å². The normalized spacial score (nSPS) is 23.4. The van der Waals surface area contributed by atoms with Crippen LogP contribution in [0.1, 0.15) is 23.7 Å². The summed E-state index contributed by atoms with van der Waals surface area (Å²) in [6.07, 6.45) is 0.999. The zero-order valence-electron chi connectivity index (χ0n) is 11.1. The maximum atomic E-state index is 14.0. The van der Waals surface area contributed by atoms with E-state index in [0.29, 0.717) is 24.1 Å². The van der Waals surface area contributed by atoms with Crippen LogP contribution >= 0.6 is 0 Å². The van der Waals surface area contributed by atoms with Crippen LogP contribution in [-0.4, -0.2) is 25.5 Å². The van der Waals surface area contributed by atoms with E-state index in [0.717, 1.165) is 19.5 Å². The molecule has 1 heterocycles. The van der Waals surface area contributed by atoms with E-state index in [1.807, 2.05) is 4.90 Å². The molecule has 0 aliphatic carbocycles. The summed E-state index contributed by atoms with van der Waals surface area (Å²) in [7, 11) is 0. The third-order valence-electron chi connectivity index (χ3n) is 3.99. The first kappa shape index (κ1) is 13.8. The van der Waals surface area contributed by atoms with E-state index in [1.165, 1.54) is 6.07 Å². The number of piperidine rings is 1. The van der Waals surface area contributed by atoms with E-state index >= 15 is 0 Å². The lowest BCUT2D eigenvalue weighted by molar-refractivity contribution is 0.1000. The molecule has 0 bridgehead atoms. The van der Waals surface area contributed by atoms with Crippen LogP contribution in [0.15, 0.2) is 18.2 Å². The Labute approximate surface area is 112 Å². The molecule has 2 rings (SSSR count). The van der Waals surface area contributed by atoms with Crippen molar-refractivity contribution in [2.24, 2.45) is 23.3 Å². The second kappa shape index (κ2) is 5.57. The van der Waals surface area contributed by atoms with Crippen LogP contribution in [0, 0.1) is 17.7 Å². The maximum absolute atomic E-state index is 14.0. The number of carbonyl (C=O) groups is 1. The summed E-state index contributed by atoms with van der Waals surface area (Å²) in [5, 5.41) is 0. The molecule has 1 amide bonds. The Kier molecular flexibility index (Phi) is 4.04. The first-order valence-corrected chi connectivity index (χ1v) is 6.57. The second-order valence-electron chi connectivity index (χ2n) is 5.24. The molecule has 1 saturated heterocycles. The van der Waals surface area contributed by atoms with Crippen molar-refractivity contribution in [1.29, 1.82) is 0 Å². The van der Waals surface area contributed by atoms with E-state index in [9.17, 15) is 9.18 Å². The van der Waals surface area contributed by atoms with Crippen molar-refractivity contribution in [2.45, 2.75) is 13.3 Å². The van der Waals surface area contributed by atoms with Crippen molar-refractivity contribution in [3.05, 3.63) is 29.6 Å². The molecule has 2 unspecified atom stereocenters. The molecule has 1 aliphatic heterocycles. The van der Waals surface area contributed by atoms with Crippen molar-refractivity contribution < 1.29 is 9.18 Å². The number of rotatable bonds is 3. The molecule has 5 heteroatoms. The molecule has 2 atom stereocenters. The van der Waals surface area contributed by atoms with E-state index in [1.54, 1.807) is 12.1 Å². The summed E-state index contributed by atoms with van der Waals surface area (Å²) in [5.41, 5.74) is 11.6. The molecular weight excluding hydrogens is 245 g/mol. The maximum Gasteiger partial charge on any atom is 0.248 e. The molecule has 1 aliphatic rings. The number of nitrogens with two attached hydrogens (primary N) is 2. The van der Waals surface area contributed by atoms with Crippen LogP contribution < -0.4 is 16.4 Å². The number of amides is 1. The highest BCUT2D eigenvalue weighted by Crippen LogP contribution is 2.28. The summed E-state index contributed by atoms with van der Waals surface area (Å²) in [6.45, 7) is 4.36. The fourth-order valence-electron chi connectivity index (χ4n) is 2.59. The summed E-state index contributed by atoms with van der Waals surface area (Å²) < 4.78 is 14.0. The van der Waals surface area contributed by atoms with E-state index in [2.05, 4.69) is 6.92 Å². The van der Waals surface area contributed by atoms with E-state index in [4.69, 9.17) is 11.5 Å². The molecule has 0 radical (unpaired) electrons. The standard InChI is InChI=1S/C14H20FN3O/c1-9-4-5-18(8-11(9)7-16)13-3-2-10(14(17)19)6-12(13)15/h2-3,6,9,11H,4-5,7-8,16H2,1H3,(H2,17,19). The lowest BCUT2D eigenvalue weighted by Crippen LogP contribution is -2.43. The number of anilines is 1. The lowest BCUT2D eigenvalue weighted by Gasteiger charge is -2.38. The van der Waals surface area contributed by atoms with Crippen LogP contribution in [0.2, 0.25) is 0 Å². The SMILES string of the molecule is CC1CCN(c2ccc(C(N)=O)cc2F)CC1CN. The molecule has 1 aromatic rings. The number of halogens is 1. The summed E-state index contributed by atoms with van der Waals surface area (Å²) in [5.74, 6) is -0.0719. The summed E-state index contributed by atoms with van der Waals surface area (Å²) >= 11 is 0. The molecule has 0 spiro atoms. The van der Waals surface area contributed by atoms with Gasteiger partial charge < -0.3 is 16.4 Å². The number of hydrogen-bond acceptors (Lipinski definition) is 3. The highest BCUT2D eigenvalue weighted by atomic mass is 19.1. The van der Waals surface area contributed by atoms with Gasteiger partial charge in [-0.15, -0.1) is 0 Å². The predicted molar refractivity (Wildman–Crippen MR) is 73.5 cm³/mol. The lowest BCUT2D eigenvalue weighted by atomic mass is 9.87. The first-order chi connectivity index (χ1) is 9.02. The van der Waals surface area contributed by atoms with Crippen molar-refractivity contribution >= 4 is 11.6 Å². The average molecular weight is 265 g/mol. The van der Waals surface area contributed by atoms with Crippen molar-refractivity contribution in [1.82, 2.24) is 0 Å². The average Bonchev–Trinajstić information content (AvgIpc) is 2.39. The minimum Gasteiger partial charge on any atom is -0.369 e. The Morgan fingerprint density at radius 3 is 2.84 bits per heavy atom. The van der Waals surface area contributed by atoms with Gasteiger partial charge in [0.15, 0.2) is 0 Å². The van der Waals surface area contributed by atoms with Gasteiger partial charge in [0.1, 0.15) is 5.82 Å². The highest BCUT2D eigenvalue weighted by Gasteiger charge is 2.26. The van der Waals surface area contributed by atoms with Crippen LogP contribution in [0.4, 0.5) is 10.1 Å². The third kappa shape index (κ3) is 2.87. The fraction of sp³-hybridized carbons (Fsp3) is 0.500. The molecule has 19 heavy (non-hydrogen) atoms. The van der Waals surface area contributed by atoms with Crippen molar-refractivity contribution in [3.8, 4) is 0 Å².